The molecule has 0 aliphatic rings. The summed E-state index contributed by atoms with van der Waals surface area (Å²) < 4.78 is 11.6. The van der Waals surface area contributed by atoms with E-state index in [2.05, 4.69) is 51.0 Å². The molecular formula is C36H32N10O8. The van der Waals surface area contributed by atoms with Crippen LogP contribution >= 0.6 is 0 Å². The lowest BCUT2D eigenvalue weighted by Crippen LogP contribution is -2.14. The first kappa shape index (κ1) is 36.0. The number of anilines is 2. The molecule has 6 aromatic rings. The quantitative estimate of drug-likeness (QED) is 0.0280. The van der Waals surface area contributed by atoms with Crippen LogP contribution in [0.2, 0.25) is 0 Å². The highest BCUT2D eigenvalue weighted by Gasteiger charge is 2.16. The number of hydrogen-bond donors (Lipinski definition) is 8. The van der Waals surface area contributed by atoms with Gasteiger partial charge in [-0.2, -0.15) is 10.2 Å². The predicted molar refractivity (Wildman–Crippen MR) is 199 cm³/mol. The summed E-state index contributed by atoms with van der Waals surface area (Å²) in [7, 11) is 0. The summed E-state index contributed by atoms with van der Waals surface area (Å²) in [6, 6.07) is 22.8. The number of fused-ring (bicyclic) bond motifs is 2. The molecule has 2 heterocycles. The predicted octanol–water partition coefficient (Wildman–Crippen LogP) is 6.51. The summed E-state index contributed by atoms with van der Waals surface area (Å²) in [4.78, 5) is 59.2. The van der Waals surface area contributed by atoms with Gasteiger partial charge in [-0.3, -0.25) is 9.59 Å². The van der Waals surface area contributed by atoms with Crippen molar-refractivity contribution < 1.29 is 29.3 Å². The SMILES string of the molecule is CC(O)=C(N=Nc1cccc(OCCOc2cccc(N=NC(C(=O)Nc3ccc4[nH]c(=O)[nH]c4c3)=C(C)O)c2)c1)C(=O)Nc1ccc2[nH]c(=O)[nH]c2c1. The normalized spacial score (nSPS) is 12.6. The second-order valence-electron chi connectivity index (χ2n) is 11.5. The van der Waals surface area contributed by atoms with E-state index in [1.165, 1.54) is 13.8 Å². The molecule has 0 fully saturated rings. The molecule has 0 spiro atoms. The van der Waals surface area contributed by atoms with Gasteiger partial charge in [0.1, 0.15) is 36.2 Å². The van der Waals surface area contributed by atoms with Gasteiger partial charge in [0.15, 0.2) is 11.4 Å². The Balaban J connectivity index is 1.01. The molecule has 0 saturated carbocycles. The molecule has 18 nitrogen and oxygen atoms in total. The first-order valence-electron chi connectivity index (χ1n) is 16.2. The first-order valence-corrected chi connectivity index (χ1v) is 16.2. The number of imidazole rings is 2. The van der Waals surface area contributed by atoms with E-state index in [0.29, 0.717) is 56.3 Å². The number of hydrogen-bond acceptors (Lipinski definition) is 12. The third-order valence-corrected chi connectivity index (χ3v) is 7.45. The van der Waals surface area contributed by atoms with Gasteiger partial charge in [-0.05, 0) is 74.5 Å². The van der Waals surface area contributed by atoms with E-state index in [1.807, 2.05) is 0 Å². The van der Waals surface area contributed by atoms with Crippen LogP contribution in [0.5, 0.6) is 11.5 Å². The molecule has 0 unspecified atom stereocenters. The standard InChI is InChI=1S/C36H32N10O8/c1-19(47)31(33(49)37-21-9-11-27-29(17-21)41-35(51)39-27)45-43-23-5-3-7-25(15-23)53-13-14-54-26-8-4-6-24(16-26)44-46-32(20(2)48)34(50)38-22-10-12-28-30(18-22)42-36(52)40-28/h3-12,15-18,47-48H,13-14H2,1-2H3,(H,37,49)(H,38,50)(H2,39,41,51)(H2,40,42,52). The van der Waals surface area contributed by atoms with Crippen molar-refractivity contribution in [2.45, 2.75) is 13.8 Å². The summed E-state index contributed by atoms with van der Waals surface area (Å²) in [5.41, 5.74) is 2.20. The fraction of sp³-hybridized carbons (Fsp3) is 0.111. The lowest BCUT2D eigenvalue weighted by atomic mass is 10.2. The van der Waals surface area contributed by atoms with Crippen LogP contribution in [0.25, 0.3) is 22.1 Å². The van der Waals surface area contributed by atoms with E-state index >= 15 is 0 Å². The number of ether oxygens (including phenoxy) is 2. The van der Waals surface area contributed by atoms with Gasteiger partial charge in [0, 0.05) is 23.5 Å². The molecule has 0 aliphatic heterocycles. The fourth-order valence-electron chi connectivity index (χ4n) is 4.97. The van der Waals surface area contributed by atoms with Gasteiger partial charge < -0.3 is 50.3 Å². The number of nitrogens with zero attached hydrogens (tertiary/aromatic N) is 4. The van der Waals surface area contributed by atoms with Gasteiger partial charge in [0.2, 0.25) is 0 Å². The molecule has 8 N–H and O–H groups in total. The summed E-state index contributed by atoms with van der Waals surface area (Å²) in [6.45, 7) is 2.90. The zero-order valence-corrected chi connectivity index (χ0v) is 28.6. The highest BCUT2D eigenvalue weighted by molar-refractivity contribution is 6.05. The highest BCUT2D eigenvalue weighted by atomic mass is 16.5. The number of aromatic nitrogens is 4. The minimum absolute atomic E-state index is 0.144. The lowest BCUT2D eigenvalue weighted by molar-refractivity contribution is -0.113. The van der Waals surface area contributed by atoms with Crippen molar-refractivity contribution in [1.29, 1.82) is 0 Å². The zero-order valence-electron chi connectivity index (χ0n) is 28.6. The van der Waals surface area contributed by atoms with E-state index < -0.39 is 11.8 Å². The number of aromatic amines is 4. The third kappa shape index (κ3) is 9.12. The maximum absolute atomic E-state index is 12.9. The molecule has 54 heavy (non-hydrogen) atoms. The number of benzene rings is 4. The van der Waals surface area contributed by atoms with E-state index in [0.717, 1.165) is 0 Å². The van der Waals surface area contributed by atoms with Crippen LogP contribution in [0.15, 0.2) is 138 Å². The Morgan fingerprint density at radius 2 is 1.00 bits per heavy atom. The number of aliphatic hydroxyl groups is 2. The maximum Gasteiger partial charge on any atom is 0.323 e. The van der Waals surface area contributed by atoms with Crippen molar-refractivity contribution in [2.24, 2.45) is 20.5 Å². The molecule has 6 rings (SSSR count). The molecule has 274 valence electrons. The molecule has 2 amide bonds. The van der Waals surface area contributed by atoms with Crippen molar-refractivity contribution in [3.8, 4) is 11.5 Å². The van der Waals surface area contributed by atoms with Gasteiger partial charge in [-0.25, -0.2) is 9.59 Å². The van der Waals surface area contributed by atoms with E-state index in [4.69, 9.17) is 9.47 Å². The zero-order chi connectivity index (χ0) is 38.2. The minimum Gasteiger partial charge on any atom is -0.510 e. The number of allylic oxidation sites excluding steroid dienone is 2. The first-order chi connectivity index (χ1) is 26.0. The smallest absolute Gasteiger partial charge is 0.323 e. The van der Waals surface area contributed by atoms with Crippen LogP contribution in [0, 0.1) is 0 Å². The number of azo groups is 2. The largest absolute Gasteiger partial charge is 0.510 e. The summed E-state index contributed by atoms with van der Waals surface area (Å²) in [6.07, 6.45) is 0. The van der Waals surface area contributed by atoms with Crippen LogP contribution in [0.4, 0.5) is 22.7 Å². The molecule has 2 aromatic heterocycles. The van der Waals surface area contributed by atoms with Gasteiger partial charge in [0.25, 0.3) is 11.8 Å². The van der Waals surface area contributed by atoms with E-state index in [1.54, 1.807) is 84.9 Å². The molecule has 4 aromatic carbocycles. The number of nitrogens with one attached hydrogen (secondary N) is 6. The Morgan fingerprint density at radius 3 is 1.41 bits per heavy atom. The molecule has 18 heteroatoms. The molecule has 0 aliphatic carbocycles. The third-order valence-electron chi connectivity index (χ3n) is 7.45. The number of amides is 2. The molecule has 0 saturated heterocycles. The Bertz CT molecular complexity index is 2420. The minimum atomic E-state index is -0.709. The maximum atomic E-state index is 12.9. The van der Waals surface area contributed by atoms with E-state index in [-0.39, 0.29) is 47.5 Å². The van der Waals surface area contributed by atoms with Crippen LogP contribution in [0.3, 0.4) is 0 Å². The van der Waals surface area contributed by atoms with Crippen molar-refractivity contribution in [2.75, 3.05) is 23.8 Å². The Labute approximate surface area is 304 Å². The average molecular weight is 733 g/mol. The Hall–Kier alpha value is -7.76. The second kappa shape index (κ2) is 16.1. The van der Waals surface area contributed by atoms with Crippen LogP contribution in [-0.4, -0.2) is 55.2 Å². The summed E-state index contributed by atoms with van der Waals surface area (Å²) in [5, 5.41) is 41.6. The summed E-state index contributed by atoms with van der Waals surface area (Å²) >= 11 is 0. The molecule has 0 radical (unpaired) electrons. The van der Waals surface area contributed by atoms with Crippen molar-refractivity contribution in [3.63, 3.8) is 0 Å². The van der Waals surface area contributed by atoms with Crippen LogP contribution in [-0.2, 0) is 9.59 Å². The monoisotopic (exact) mass is 732 g/mol. The molecular weight excluding hydrogens is 700 g/mol. The van der Waals surface area contributed by atoms with E-state index in [9.17, 15) is 29.4 Å². The van der Waals surface area contributed by atoms with Gasteiger partial charge in [0.05, 0.1) is 33.4 Å². The molecule has 0 bridgehead atoms. The van der Waals surface area contributed by atoms with Crippen molar-refractivity contribution in [3.05, 3.63) is 129 Å². The molecule has 0 atom stereocenters. The second-order valence-corrected chi connectivity index (χ2v) is 11.5. The van der Waals surface area contributed by atoms with Gasteiger partial charge in [-0.1, -0.05) is 12.1 Å². The fourth-order valence-corrected chi connectivity index (χ4v) is 4.97. The highest BCUT2D eigenvalue weighted by Crippen LogP contribution is 2.25. The average Bonchev–Trinajstić information content (AvgIpc) is 3.70. The number of H-pyrrole nitrogens is 4. The number of carbonyl (C=O) groups excluding carboxylic acids is 2. The Kier molecular flexibility index (Phi) is 10.7. The van der Waals surface area contributed by atoms with Gasteiger partial charge in [-0.15, -0.1) is 10.2 Å². The van der Waals surface area contributed by atoms with Crippen LogP contribution < -0.4 is 31.5 Å². The Morgan fingerprint density at radius 1 is 0.593 bits per heavy atom. The van der Waals surface area contributed by atoms with Crippen molar-refractivity contribution in [1.82, 2.24) is 19.9 Å². The topological polar surface area (TPSA) is 264 Å². The van der Waals surface area contributed by atoms with Crippen molar-refractivity contribution >= 4 is 56.6 Å². The van der Waals surface area contributed by atoms with Gasteiger partial charge >= 0.3 is 11.4 Å². The van der Waals surface area contributed by atoms with Crippen LogP contribution in [0.1, 0.15) is 13.8 Å². The summed E-state index contributed by atoms with van der Waals surface area (Å²) in [5.74, 6) is -1.23. The lowest BCUT2D eigenvalue weighted by Gasteiger charge is -2.09. The number of aliphatic hydroxyl groups excluding tert-OH is 2. The number of carbonyl (C=O) groups is 2. The number of rotatable bonds is 13.